The molecule has 120 valence electrons. The fourth-order valence-corrected chi connectivity index (χ4v) is 2.49. The second-order valence-corrected chi connectivity index (χ2v) is 5.46. The van der Waals surface area contributed by atoms with E-state index in [0.29, 0.717) is 32.6 Å². The van der Waals surface area contributed by atoms with Gasteiger partial charge in [-0.2, -0.15) is 0 Å². The molecule has 0 atom stereocenters. The number of nitrogens with zero attached hydrogens (tertiary/aromatic N) is 2. The predicted molar refractivity (Wildman–Crippen MR) is 86.4 cm³/mol. The van der Waals surface area contributed by atoms with Crippen LogP contribution in [-0.4, -0.2) is 60.9 Å². The summed E-state index contributed by atoms with van der Waals surface area (Å²) in [6.45, 7) is 3.74. The Balaban J connectivity index is 1.71. The second-order valence-electron chi connectivity index (χ2n) is 5.46. The summed E-state index contributed by atoms with van der Waals surface area (Å²) in [6, 6.07) is 9.43. The first kappa shape index (κ1) is 16.5. The summed E-state index contributed by atoms with van der Waals surface area (Å²) in [5.74, 6) is 0.146. The van der Waals surface area contributed by atoms with Gasteiger partial charge in [-0.15, -0.1) is 0 Å². The van der Waals surface area contributed by atoms with Crippen LogP contribution in [0.5, 0.6) is 0 Å². The van der Waals surface area contributed by atoms with E-state index in [0.717, 1.165) is 25.2 Å². The van der Waals surface area contributed by atoms with E-state index in [1.54, 1.807) is 0 Å². The summed E-state index contributed by atoms with van der Waals surface area (Å²) in [4.78, 5) is 27.8. The number of benzene rings is 1. The molecule has 2 rings (SSSR count). The van der Waals surface area contributed by atoms with Crippen molar-refractivity contribution in [2.45, 2.75) is 12.8 Å². The van der Waals surface area contributed by atoms with Crippen molar-refractivity contribution >= 4 is 17.5 Å². The van der Waals surface area contributed by atoms with Crippen molar-refractivity contribution in [2.24, 2.45) is 5.73 Å². The fraction of sp³-hybridized carbons (Fsp3) is 0.500. The van der Waals surface area contributed by atoms with Crippen LogP contribution in [0.25, 0.3) is 0 Å². The molecule has 1 saturated heterocycles. The van der Waals surface area contributed by atoms with Crippen molar-refractivity contribution in [1.82, 2.24) is 9.80 Å². The first-order chi connectivity index (χ1) is 10.7. The maximum atomic E-state index is 12.0. The van der Waals surface area contributed by atoms with Crippen LogP contribution in [0.1, 0.15) is 12.8 Å². The molecule has 0 aromatic heterocycles. The number of hydrogen-bond donors (Lipinski definition) is 2. The van der Waals surface area contributed by atoms with Crippen LogP contribution in [0.15, 0.2) is 30.3 Å². The Hall–Kier alpha value is -1.92. The third-order valence-electron chi connectivity index (χ3n) is 3.74. The van der Waals surface area contributed by atoms with Gasteiger partial charge in [0.1, 0.15) is 0 Å². The van der Waals surface area contributed by atoms with E-state index in [-0.39, 0.29) is 11.8 Å². The standard InChI is InChI=1S/C16H24N4O2/c17-8-4-7-16(22)20-11-9-19(10-12-20)13-15(21)18-14-5-2-1-3-6-14/h1-3,5-6H,4,7-13,17H2,(H,18,21). The monoisotopic (exact) mass is 304 g/mol. The van der Waals surface area contributed by atoms with Crippen molar-refractivity contribution in [2.75, 3.05) is 44.6 Å². The molecule has 1 fully saturated rings. The maximum Gasteiger partial charge on any atom is 0.238 e. The van der Waals surface area contributed by atoms with Crippen LogP contribution in [0.4, 0.5) is 5.69 Å². The number of rotatable bonds is 6. The van der Waals surface area contributed by atoms with E-state index in [4.69, 9.17) is 5.73 Å². The number of amides is 2. The molecule has 1 heterocycles. The number of para-hydroxylation sites is 1. The minimum absolute atomic E-state index is 0.0193. The van der Waals surface area contributed by atoms with Gasteiger partial charge in [-0.05, 0) is 25.1 Å². The van der Waals surface area contributed by atoms with Gasteiger partial charge < -0.3 is 16.0 Å². The third-order valence-corrected chi connectivity index (χ3v) is 3.74. The summed E-state index contributed by atoms with van der Waals surface area (Å²) in [6.07, 6.45) is 1.25. The predicted octanol–water partition coefficient (Wildman–Crippen LogP) is 0.508. The van der Waals surface area contributed by atoms with E-state index >= 15 is 0 Å². The van der Waals surface area contributed by atoms with Crippen molar-refractivity contribution in [3.05, 3.63) is 30.3 Å². The van der Waals surface area contributed by atoms with E-state index in [1.165, 1.54) is 0 Å². The topological polar surface area (TPSA) is 78.7 Å². The highest BCUT2D eigenvalue weighted by molar-refractivity contribution is 5.92. The minimum Gasteiger partial charge on any atom is -0.340 e. The summed E-state index contributed by atoms with van der Waals surface area (Å²) in [5, 5.41) is 2.88. The van der Waals surface area contributed by atoms with Gasteiger partial charge in [-0.25, -0.2) is 0 Å². The SMILES string of the molecule is NCCCC(=O)N1CCN(CC(=O)Nc2ccccc2)CC1. The smallest absolute Gasteiger partial charge is 0.238 e. The largest absolute Gasteiger partial charge is 0.340 e. The molecule has 0 aliphatic carbocycles. The van der Waals surface area contributed by atoms with Crippen LogP contribution in [0, 0.1) is 0 Å². The highest BCUT2D eigenvalue weighted by Gasteiger charge is 2.21. The Morgan fingerprint density at radius 1 is 1.09 bits per heavy atom. The molecule has 0 radical (unpaired) electrons. The van der Waals surface area contributed by atoms with E-state index in [2.05, 4.69) is 10.2 Å². The molecule has 2 amide bonds. The van der Waals surface area contributed by atoms with Gasteiger partial charge in [0.05, 0.1) is 6.54 Å². The number of nitrogens with two attached hydrogens (primary N) is 1. The first-order valence-corrected chi connectivity index (χ1v) is 7.74. The number of carbonyl (C=O) groups is 2. The molecule has 0 spiro atoms. The van der Waals surface area contributed by atoms with Crippen molar-refractivity contribution < 1.29 is 9.59 Å². The molecule has 6 nitrogen and oxygen atoms in total. The van der Waals surface area contributed by atoms with Gasteiger partial charge in [0, 0.05) is 38.3 Å². The average Bonchev–Trinajstić information content (AvgIpc) is 2.54. The zero-order chi connectivity index (χ0) is 15.8. The van der Waals surface area contributed by atoms with Gasteiger partial charge in [0.25, 0.3) is 0 Å². The molecular formula is C16H24N4O2. The van der Waals surface area contributed by atoms with Crippen LogP contribution >= 0.6 is 0 Å². The van der Waals surface area contributed by atoms with Gasteiger partial charge in [-0.3, -0.25) is 14.5 Å². The molecule has 1 aromatic carbocycles. The van der Waals surface area contributed by atoms with Crippen molar-refractivity contribution in [3.63, 3.8) is 0 Å². The lowest BCUT2D eigenvalue weighted by Gasteiger charge is -2.34. The third kappa shape index (κ3) is 5.13. The summed E-state index contributed by atoms with van der Waals surface area (Å²) >= 11 is 0. The lowest BCUT2D eigenvalue weighted by molar-refractivity contribution is -0.133. The molecule has 3 N–H and O–H groups in total. The highest BCUT2D eigenvalue weighted by atomic mass is 16.2. The highest BCUT2D eigenvalue weighted by Crippen LogP contribution is 2.07. The zero-order valence-corrected chi connectivity index (χ0v) is 12.8. The van der Waals surface area contributed by atoms with Gasteiger partial charge >= 0.3 is 0 Å². The summed E-state index contributed by atoms with van der Waals surface area (Å²) in [5.41, 5.74) is 6.23. The quantitative estimate of drug-likeness (QED) is 0.802. The molecule has 6 heteroatoms. The molecule has 1 aliphatic rings. The van der Waals surface area contributed by atoms with E-state index in [1.807, 2.05) is 35.2 Å². The molecular weight excluding hydrogens is 280 g/mol. The van der Waals surface area contributed by atoms with Crippen LogP contribution < -0.4 is 11.1 Å². The normalized spacial score (nSPS) is 15.6. The molecule has 1 aliphatic heterocycles. The molecule has 0 unspecified atom stereocenters. The fourth-order valence-electron chi connectivity index (χ4n) is 2.49. The Kier molecular flexibility index (Phi) is 6.36. The summed E-state index contributed by atoms with van der Waals surface area (Å²) < 4.78 is 0. The molecule has 0 saturated carbocycles. The second kappa shape index (κ2) is 8.51. The Morgan fingerprint density at radius 2 is 1.77 bits per heavy atom. The lowest BCUT2D eigenvalue weighted by atomic mass is 10.2. The first-order valence-electron chi connectivity index (χ1n) is 7.74. The van der Waals surface area contributed by atoms with Crippen LogP contribution in [0.2, 0.25) is 0 Å². The number of nitrogens with one attached hydrogen (secondary N) is 1. The molecule has 1 aromatic rings. The van der Waals surface area contributed by atoms with Crippen molar-refractivity contribution in [1.29, 1.82) is 0 Å². The average molecular weight is 304 g/mol. The number of hydrogen-bond acceptors (Lipinski definition) is 4. The van der Waals surface area contributed by atoms with Gasteiger partial charge in [0.15, 0.2) is 0 Å². The van der Waals surface area contributed by atoms with Crippen LogP contribution in [-0.2, 0) is 9.59 Å². The Labute approximate surface area is 131 Å². The number of anilines is 1. The molecule has 22 heavy (non-hydrogen) atoms. The van der Waals surface area contributed by atoms with Gasteiger partial charge in [-0.1, -0.05) is 18.2 Å². The Bertz CT molecular complexity index is 484. The number of carbonyl (C=O) groups excluding carboxylic acids is 2. The van der Waals surface area contributed by atoms with E-state index in [9.17, 15) is 9.59 Å². The van der Waals surface area contributed by atoms with Gasteiger partial charge in [0.2, 0.25) is 11.8 Å². The van der Waals surface area contributed by atoms with Crippen LogP contribution in [0.3, 0.4) is 0 Å². The molecule has 0 bridgehead atoms. The lowest BCUT2D eigenvalue weighted by Crippen LogP contribution is -2.50. The minimum atomic E-state index is -0.0193. The van der Waals surface area contributed by atoms with E-state index < -0.39 is 0 Å². The van der Waals surface area contributed by atoms with Crippen molar-refractivity contribution in [3.8, 4) is 0 Å². The summed E-state index contributed by atoms with van der Waals surface area (Å²) in [7, 11) is 0. The zero-order valence-electron chi connectivity index (χ0n) is 12.8. The number of piperazine rings is 1. The maximum absolute atomic E-state index is 12.0. The Morgan fingerprint density at radius 3 is 2.41 bits per heavy atom.